The van der Waals surface area contributed by atoms with E-state index in [1.807, 2.05) is 6.07 Å². The molecule has 0 unspecified atom stereocenters. The Balaban J connectivity index is 2.01. The number of carbonyl (C=O) groups is 1. The Labute approximate surface area is 105 Å². The normalized spacial score (nSPS) is 28.0. The lowest BCUT2D eigenvalue weighted by atomic mass is 10.00. The molecule has 1 heterocycles. The number of nitrogens with one attached hydrogen (secondary N) is 1. The summed E-state index contributed by atoms with van der Waals surface area (Å²) in [4.78, 5) is 11.0. The molecule has 0 spiro atoms. The predicted octanol–water partition coefficient (Wildman–Crippen LogP) is 1.92. The Morgan fingerprint density at radius 1 is 1.65 bits per heavy atom. The summed E-state index contributed by atoms with van der Waals surface area (Å²) in [5.41, 5.74) is -0.900. The van der Waals surface area contributed by atoms with Gasteiger partial charge in [0, 0.05) is 18.0 Å². The SMILES string of the molecule is C[C@@]1(C(=O)O)C[C@H](Oc2cccc(Cl)c2)CN1. The van der Waals surface area contributed by atoms with Crippen molar-refractivity contribution in [3.8, 4) is 5.75 Å². The Hall–Kier alpha value is -1.26. The van der Waals surface area contributed by atoms with Crippen molar-refractivity contribution in [2.75, 3.05) is 6.54 Å². The van der Waals surface area contributed by atoms with Crippen molar-refractivity contribution >= 4 is 17.6 Å². The van der Waals surface area contributed by atoms with Crippen molar-refractivity contribution in [2.45, 2.75) is 25.0 Å². The van der Waals surface area contributed by atoms with Gasteiger partial charge in [-0.15, -0.1) is 0 Å². The number of rotatable bonds is 3. The molecule has 1 aromatic rings. The lowest BCUT2D eigenvalue weighted by Gasteiger charge is -2.18. The number of hydrogen-bond donors (Lipinski definition) is 2. The Kier molecular flexibility index (Phi) is 3.26. The third kappa shape index (κ3) is 2.70. The summed E-state index contributed by atoms with van der Waals surface area (Å²) >= 11 is 5.85. The molecule has 2 atom stereocenters. The van der Waals surface area contributed by atoms with E-state index in [1.165, 1.54) is 0 Å². The minimum Gasteiger partial charge on any atom is -0.489 e. The average Bonchev–Trinajstić information content (AvgIpc) is 2.61. The number of hydrogen-bond acceptors (Lipinski definition) is 3. The monoisotopic (exact) mass is 255 g/mol. The van der Waals surface area contributed by atoms with E-state index >= 15 is 0 Å². The minimum absolute atomic E-state index is 0.144. The standard InChI is InChI=1S/C12H14ClNO3/c1-12(11(15)16)6-10(7-14-12)17-9-4-2-3-8(13)5-9/h2-5,10,14H,6-7H2,1H3,(H,15,16)/t10-,12-/m0/s1. The molecule has 0 radical (unpaired) electrons. The first-order valence-electron chi connectivity index (χ1n) is 5.40. The van der Waals surface area contributed by atoms with Crippen LogP contribution in [0.25, 0.3) is 0 Å². The van der Waals surface area contributed by atoms with Gasteiger partial charge in [-0.2, -0.15) is 0 Å². The lowest BCUT2D eigenvalue weighted by molar-refractivity contribution is -0.143. The van der Waals surface area contributed by atoms with Crippen LogP contribution < -0.4 is 10.1 Å². The van der Waals surface area contributed by atoms with Crippen LogP contribution in [0.2, 0.25) is 5.02 Å². The van der Waals surface area contributed by atoms with Gasteiger partial charge >= 0.3 is 5.97 Å². The third-order valence-corrected chi connectivity index (χ3v) is 3.16. The van der Waals surface area contributed by atoms with Crippen LogP contribution >= 0.6 is 11.6 Å². The van der Waals surface area contributed by atoms with Crippen molar-refractivity contribution in [1.82, 2.24) is 5.32 Å². The fraction of sp³-hybridized carbons (Fsp3) is 0.417. The van der Waals surface area contributed by atoms with Crippen molar-refractivity contribution < 1.29 is 14.6 Å². The highest BCUT2D eigenvalue weighted by Crippen LogP contribution is 2.25. The van der Waals surface area contributed by atoms with Gasteiger partial charge in [0.2, 0.25) is 0 Å². The molecular weight excluding hydrogens is 242 g/mol. The van der Waals surface area contributed by atoms with Gasteiger partial charge in [0.25, 0.3) is 0 Å². The van der Waals surface area contributed by atoms with Crippen molar-refractivity contribution in [3.63, 3.8) is 0 Å². The molecule has 5 heteroatoms. The van der Waals surface area contributed by atoms with E-state index in [0.717, 1.165) is 0 Å². The highest BCUT2D eigenvalue weighted by molar-refractivity contribution is 6.30. The highest BCUT2D eigenvalue weighted by Gasteiger charge is 2.42. The second-order valence-electron chi connectivity index (χ2n) is 4.42. The molecule has 0 aliphatic carbocycles. The van der Waals surface area contributed by atoms with Crippen LogP contribution in [0.15, 0.2) is 24.3 Å². The molecule has 1 aromatic carbocycles. The summed E-state index contributed by atoms with van der Waals surface area (Å²) < 4.78 is 5.69. The molecule has 1 saturated heterocycles. The first-order valence-corrected chi connectivity index (χ1v) is 5.78. The zero-order valence-corrected chi connectivity index (χ0v) is 10.2. The van der Waals surface area contributed by atoms with Crippen LogP contribution in [0.3, 0.4) is 0 Å². The molecule has 4 nitrogen and oxygen atoms in total. The van der Waals surface area contributed by atoms with E-state index in [4.69, 9.17) is 21.4 Å². The molecule has 92 valence electrons. The van der Waals surface area contributed by atoms with Gasteiger partial charge in [-0.3, -0.25) is 10.1 Å². The van der Waals surface area contributed by atoms with Crippen molar-refractivity contribution in [1.29, 1.82) is 0 Å². The van der Waals surface area contributed by atoms with Crippen LogP contribution in [-0.2, 0) is 4.79 Å². The zero-order valence-electron chi connectivity index (χ0n) is 9.44. The molecule has 0 saturated carbocycles. The highest BCUT2D eigenvalue weighted by atomic mass is 35.5. The van der Waals surface area contributed by atoms with E-state index in [-0.39, 0.29) is 6.10 Å². The lowest BCUT2D eigenvalue weighted by Crippen LogP contribution is -2.44. The van der Waals surface area contributed by atoms with Crippen LogP contribution in [-0.4, -0.2) is 29.3 Å². The van der Waals surface area contributed by atoms with Gasteiger partial charge in [-0.1, -0.05) is 17.7 Å². The molecular formula is C12H14ClNO3. The first kappa shape index (κ1) is 12.2. The van der Waals surface area contributed by atoms with Gasteiger partial charge in [-0.25, -0.2) is 0 Å². The molecule has 17 heavy (non-hydrogen) atoms. The van der Waals surface area contributed by atoms with E-state index < -0.39 is 11.5 Å². The van der Waals surface area contributed by atoms with Gasteiger partial charge in [0.15, 0.2) is 0 Å². The van der Waals surface area contributed by atoms with Gasteiger partial charge in [-0.05, 0) is 25.1 Å². The topological polar surface area (TPSA) is 58.6 Å². The summed E-state index contributed by atoms with van der Waals surface area (Å²) in [6.45, 7) is 2.19. The summed E-state index contributed by atoms with van der Waals surface area (Å²) in [6, 6.07) is 7.10. The average molecular weight is 256 g/mol. The van der Waals surface area contributed by atoms with Crippen LogP contribution in [0, 0.1) is 0 Å². The second kappa shape index (κ2) is 4.55. The number of benzene rings is 1. The van der Waals surface area contributed by atoms with Gasteiger partial charge < -0.3 is 9.84 Å². The molecule has 1 aliphatic rings. The van der Waals surface area contributed by atoms with E-state index in [0.29, 0.717) is 23.7 Å². The van der Waals surface area contributed by atoms with Gasteiger partial charge in [0.1, 0.15) is 17.4 Å². The Morgan fingerprint density at radius 2 is 2.41 bits per heavy atom. The van der Waals surface area contributed by atoms with E-state index in [1.54, 1.807) is 25.1 Å². The molecule has 0 aromatic heterocycles. The van der Waals surface area contributed by atoms with Crippen LogP contribution in [0.4, 0.5) is 0 Å². The maximum atomic E-state index is 11.0. The van der Waals surface area contributed by atoms with Crippen molar-refractivity contribution in [3.05, 3.63) is 29.3 Å². The maximum Gasteiger partial charge on any atom is 0.323 e. The summed E-state index contributed by atoms with van der Waals surface area (Å²) in [6.07, 6.45) is 0.295. The quantitative estimate of drug-likeness (QED) is 0.867. The molecule has 1 fully saturated rings. The van der Waals surface area contributed by atoms with E-state index in [9.17, 15) is 4.79 Å². The number of carboxylic acid groups (broad SMARTS) is 1. The number of aliphatic carboxylic acids is 1. The summed E-state index contributed by atoms with van der Waals surface area (Å²) in [5, 5.41) is 12.6. The molecule has 1 aliphatic heterocycles. The molecule has 2 N–H and O–H groups in total. The Bertz CT molecular complexity index is 438. The third-order valence-electron chi connectivity index (χ3n) is 2.93. The largest absolute Gasteiger partial charge is 0.489 e. The smallest absolute Gasteiger partial charge is 0.323 e. The number of ether oxygens (including phenoxy) is 1. The maximum absolute atomic E-state index is 11.0. The number of halogens is 1. The summed E-state index contributed by atoms with van der Waals surface area (Å²) in [5.74, 6) is -0.186. The fourth-order valence-corrected chi connectivity index (χ4v) is 2.10. The van der Waals surface area contributed by atoms with Gasteiger partial charge in [0.05, 0.1) is 0 Å². The van der Waals surface area contributed by atoms with E-state index in [2.05, 4.69) is 5.32 Å². The zero-order chi connectivity index (χ0) is 12.5. The predicted molar refractivity (Wildman–Crippen MR) is 64.5 cm³/mol. The Morgan fingerprint density at radius 3 is 3.00 bits per heavy atom. The minimum atomic E-state index is -0.900. The first-order chi connectivity index (χ1) is 7.99. The second-order valence-corrected chi connectivity index (χ2v) is 4.86. The fourth-order valence-electron chi connectivity index (χ4n) is 1.92. The molecule has 0 amide bonds. The summed E-state index contributed by atoms with van der Waals surface area (Å²) in [7, 11) is 0. The van der Waals surface area contributed by atoms with Crippen LogP contribution in [0.5, 0.6) is 5.75 Å². The molecule has 0 bridgehead atoms. The van der Waals surface area contributed by atoms with Crippen LogP contribution in [0.1, 0.15) is 13.3 Å². The van der Waals surface area contributed by atoms with Crippen molar-refractivity contribution in [2.24, 2.45) is 0 Å². The number of carboxylic acids is 1. The molecule has 2 rings (SSSR count).